The van der Waals surface area contributed by atoms with E-state index in [0.717, 1.165) is 16.5 Å². The van der Waals surface area contributed by atoms with E-state index in [4.69, 9.17) is 0 Å². The van der Waals surface area contributed by atoms with Crippen molar-refractivity contribution in [3.05, 3.63) is 41.8 Å². The van der Waals surface area contributed by atoms with Gasteiger partial charge in [-0.15, -0.1) is 0 Å². The molecular formula is C13H13FN2O. The predicted octanol–water partition coefficient (Wildman–Crippen LogP) is 1.55. The number of benzene rings is 1. The first-order chi connectivity index (χ1) is 8.22. The minimum Gasteiger partial charge on any atom is -0.390 e. The lowest BCUT2D eigenvalue weighted by molar-refractivity contribution is -0.00269. The number of hydrogen-bond donors (Lipinski definition) is 1. The molecule has 0 bridgehead atoms. The van der Waals surface area contributed by atoms with Crippen molar-refractivity contribution >= 4 is 10.9 Å². The number of rotatable bonds is 2. The summed E-state index contributed by atoms with van der Waals surface area (Å²) in [6, 6.07) is 6.69. The molecule has 2 aromatic rings. The smallest absolute Gasteiger partial charge is 0.124 e. The van der Waals surface area contributed by atoms with Gasteiger partial charge in [0.1, 0.15) is 5.82 Å². The third kappa shape index (κ3) is 2.01. The summed E-state index contributed by atoms with van der Waals surface area (Å²) in [5.74, 6) is -0.235. The van der Waals surface area contributed by atoms with E-state index in [9.17, 15) is 9.50 Å². The van der Waals surface area contributed by atoms with Gasteiger partial charge in [0.05, 0.1) is 11.6 Å². The Hall–Kier alpha value is -1.52. The van der Waals surface area contributed by atoms with Gasteiger partial charge >= 0.3 is 0 Å². The van der Waals surface area contributed by atoms with Crippen LogP contribution in [0.1, 0.15) is 5.56 Å². The molecule has 0 saturated carbocycles. The van der Waals surface area contributed by atoms with Crippen LogP contribution in [0.2, 0.25) is 0 Å². The highest BCUT2D eigenvalue weighted by molar-refractivity contribution is 5.81. The number of pyridine rings is 1. The minimum absolute atomic E-state index is 0.234. The lowest BCUT2D eigenvalue weighted by Crippen LogP contribution is -2.49. The number of aliphatic hydroxyl groups is 1. The molecule has 0 spiro atoms. The van der Waals surface area contributed by atoms with Crippen LogP contribution in [0.3, 0.4) is 0 Å². The Labute approximate surface area is 98.5 Å². The van der Waals surface area contributed by atoms with E-state index in [-0.39, 0.29) is 11.9 Å². The molecule has 17 heavy (non-hydrogen) atoms. The Morgan fingerprint density at radius 2 is 2.24 bits per heavy atom. The fraction of sp³-hybridized carbons (Fsp3) is 0.308. The van der Waals surface area contributed by atoms with Gasteiger partial charge in [-0.05, 0) is 23.8 Å². The van der Waals surface area contributed by atoms with Crippen molar-refractivity contribution in [2.45, 2.75) is 12.6 Å². The quantitative estimate of drug-likeness (QED) is 0.853. The second-order valence-electron chi connectivity index (χ2n) is 4.49. The van der Waals surface area contributed by atoms with E-state index in [0.29, 0.717) is 19.6 Å². The molecule has 0 unspecified atom stereocenters. The first kappa shape index (κ1) is 10.6. The zero-order valence-corrected chi connectivity index (χ0v) is 9.31. The van der Waals surface area contributed by atoms with Crippen LogP contribution in [0.15, 0.2) is 30.5 Å². The highest BCUT2D eigenvalue weighted by atomic mass is 19.1. The molecule has 0 atom stereocenters. The van der Waals surface area contributed by atoms with Crippen molar-refractivity contribution in [3.63, 3.8) is 0 Å². The van der Waals surface area contributed by atoms with Gasteiger partial charge in [-0.25, -0.2) is 4.39 Å². The molecule has 2 heterocycles. The second-order valence-corrected chi connectivity index (χ2v) is 4.49. The van der Waals surface area contributed by atoms with Gasteiger partial charge in [0.2, 0.25) is 0 Å². The van der Waals surface area contributed by atoms with Gasteiger partial charge in [0, 0.05) is 31.2 Å². The first-order valence-electron chi connectivity index (χ1n) is 5.66. The molecule has 1 aliphatic heterocycles. The normalized spacial score (nSPS) is 17.3. The molecule has 88 valence electrons. The van der Waals surface area contributed by atoms with Crippen LogP contribution >= 0.6 is 0 Å². The molecule has 4 heteroatoms. The Morgan fingerprint density at radius 3 is 3.00 bits per heavy atom. The number of halogens is 1. The van der Waals surface area contributed by atoms with Crippen LogP contribution in [-0.4, -0.2) is 34.2 Å². The number of aliphatic hydroxyl groups excluding tert-OH is 1. The van der Waals surface area contributed by atoms with Crippen LogP contribution in [0.5, 0.6) is 0 Å². The summed E-state index contributed by atoms with van der Waals surface area (Å²) in [7, 11) is 0. The van der Waals surface area contributed by atoms with Gasteiger partial charge in [-0.1, -0.05) is 6.07 Å². The third-order valence-corrected chi connectivity index (χ3v) is 3.08. The Balaban J connectivity index is 1.97. The number of β-amino-alcohol motifs (C(OH)–C–C–N with tert-alkyl or cyclic N) is 1. The van der Waals surface area contributed by atoms with E-state index < -0.39 is 0 Å². The molecule has 3 rings (SSSR count). The predicted molar refractivity (Wildman–Crippen MR) is 63.0 cm³/mol. The minimum atomic E-state index is -0.235. The van der Waals surface area contributed by atoms with Crippen LogP contribution in [0.4, 0.5) is 4.39 Å². The van der Waals surface area contributed by atoms with E-state index in [1.54, 1.807) is 12.3 Å². The highest BCUT2D eigenvalue weighted by Crippen LogP contribution is 2.21. The van der Waals surface area contributed by atoms with Crippen molar-refractivity contribution in [3.8, 4) is 0 Å². The summed E-state index contributed by atoms with van der Waals surface area (Å²) < 4.78 is 13.5. The van der Waals surface area contributed by atoms with Crippen LogP contribution in [0, 0.1) is 5.82 Å². The molecule has 3 nitrogen and oxygen atoms in total. The van der Waals surface area contributed by atoms with Crippen molar-refractivity contribution in [1.82, 2.24) is 9.88 Å². The second kappa shape index (κ2) is 4.05. The summed E-state index contributed by atoms with van der Waals surface area (Å²) in [6.45, 7) is 1.96. The van der Waals surface area contributed by atoms with Crippen LogP contribution < -0.4 is 0 Å². The Kier molecular flexibility index (Phi) is 2.53. The Morgan fingerprint density at radius 1 is 1.41 bits per heavy atom. The zero-order chi connectivity index (χ0) is 11.8. The maximum absolute atomic E-state index is 13.5. The number of hydrogen-bond acceptors (Lipinski definition) is 3. The first-order valence-corrected chi connectivity index (χ1v) is 5.66. The highest BCUT2D eigenvalue weighted by Gasteiger charge is 2.24. The summed E-state index contributed by atoms with van der Waals surface area (Å²) in [6.07, 6.45) is 1.48. The molecule has 0 aliphatic carbocycles. The monoisotopic (exact) mass is 232 g/mol. The molecule has 1 saturated heterocycles. The third-order valence-electron chi connectivity index (χ3n) is 3.08. The summed E-state index contributed by atoms with van der Waals surface area (Å²) >= 11 is 0. The maximum atomic E-state index is 13.5. The van der Waals surface area contributed by atoms with Crippen LogP contribution in [0.25, 0.3) is 10.9 Å². The average molecular weight is 232 g/mol. The van der Waals surface area contributed by atoms with E-state index in [2.05, 4.69) is 9.88 Å². The van der Waals surface area contributed by atoms with E-state index >= 15 is 0 Å². The largest absolute Gasteiger partial charge is 0.390 e. The molecule has 1 aliphatic rings. The molecule has 1 aromatic heterocycles. The number of nitrogens with zero attached hydrogens (tertiary/aromatic N) is 2. The van der Waals surface area contributed by atoms with Crippen molar-refractivity contribution in [2.75, 3.05) is 13.1 Å². The fourth-order valence-electron chi connectivity index (χ4n) is 2.26. The molecular weight excluding hydrogens is 219 g/mol. The maximum Gasteiger partial charge on any atom is 0.124 e. The lowest BCUT2D eigenvalue weighted by atomic mass is 10.1. The molecule has 1 aromatic carbocycles. The van der Waals surface area contributed by atoms with Gasteiger partial charge in [-0.2, -0.15) is 0 Å². The van der Waals surface area contributed by atoms with Gasteiger partial charge in [0.25, 0.3) is 0 Å². The van der Waals surface area contributed by atoms with Crippen molar-refractivity contribution < 1.29 is 9.50 Å². The fourth-order valence-corrected chi connectivity index (χ4v) is 2.26. The lowest BCUT2D eigenvalue weighted by Gasteiger charge is -2.35. The van der Waals surface area contributed by atoms with Gasteiger partial charge < -0.3 is 5.11 Å². The zero-order valence-electron chi connectivity index (χ0n) is 9.31. The van der Waals surface area contributed by atoms with E-state index in [1.165, 1.54) is 12.1 Å². The summed E-state index contributed by atoms with van der Waals surface area (Å²) in [4.78, 5) is 6.37. The molecule has 0 amide bonds. The van der Waals surface area contributed by atoms with Gasteiger partial charge in [0.15, 0.2) is 0 Å². The topological polar surface area (TPSA) is 36.4 Å². The average Bonchev–Trinajstić information content (AvgIpc) is 2.26. The van der Waals surface area contributed by atoms with E-state index in [1.807, 2.05) is 6.07 Å². The van der Waals surface area contributed by atoms with Crippen molar-refractivity contribution in [2.24, 2.45) is 0 Å². The molecule has 1 fully saturated rings. The number of fused-ring (bicyclic) bond motifs is 1. The summed E-state index contributed by atoms with van der Waals surface area (Å²) in [5.41, 5.74) is 1.72. The Bertz CT molecular complexity index is 552. The standard InChI is InChI=1S/C13H13FN2O/c14-11-4-9-2-1-3-15-13(9)10(5-11)6-16-7-12(17)8-16/h1-5,12,17H,6-8H2. The number of aromatic nitrogens is 1. The van der Waals surface area contributed by atoms with Crippen molar-refractivity contribution in [1.29, 1.82) is 0 Å². The van der Waals surface area contributed by atoms with Crippen LogP contribution in [-0.2, 0) is 6.54 Å². The summed E-state index contributed by atoms with van der Waals surface area (Å²) in [5, 5.41) is 10.1. The SMILES string of the molecule is OC1CN(Cc2cc(F)cc3cccnc23)C1. The molecule has 0 radical (unpaired) electrons. The van der Waals surface area contributed by atoms with Gasteiger partial charge in [-0.3, -0.25) is 9.88 Å². The molecule has 1 N–H and O–H groups in total. The number of likely N-dealkylation sites (tertiary alicyclic amines) is 1.